The van der Waals surface area contributed by atoms with E-state index < -0.39 is 0 Å². The summed E-state index contributed by atoms with van der Waals surface area (Å²) in [6, 6.07) is 10.2. The summed E-state index contributed by atoms with van der Waals surface area (Å²) in [6.07, 6.45) is 7.20. The van der Waals surface area contributed by atoms with Gasteiger partial charge in [0.05, 0.1) is 0 Å². The molecule has 1 saturated heterocycles. The van der Waals surface area contributed by atoms with Gasteiger partial charge in [0, 0.05) is 55.7 Å². The van der Waals surface area contributed by atoms with Crippen LogP contribution in [0.1, 0.15) is 16.7 Å². The lowest BCUT2D eigenvalue weighted by atomic mass is 10.1. The van der Waals surface area contributed by atoms with E-state index >= 15 is 0 Å². The Hall–Kier alpha value is -1.98. The molecule has 1 aromatic carbocycles. The van der Waals surface area contributed by atoms with Gasteiger partial charge in [-0.05, 0) is 47.9 Å². The number of rotatable bonds is 4. The van der Waals surface area contributed by atoms with Crippen molar-refractivity contribution in [1.82, 2.24) is 14.8 Å². The summed E-state index contributed by atoms with van der Waals surface area (Å²) in [7, 11) is 0. The molecule has 1 amide bonds. The van der Waals surface area contributed by atoms with Crippen molar-refractivity contribution in [3.8, 4) is 0 Å². The van der Waals surface area contributed by atoms with Crippen LogP contribution in [0.5, 0.6) is 0 Å². The van der Waals surface area contributed by atoms with E-state index in [1.807, 2.05) is 47.6 Å². The van der Waals surface area contributed by atoms with Crippen LogP contribution >= 0.6 is 15.9 Å². The van der Waals surface area contributed by atoms with Crippen molar-refractivity contribution in [3.63, 3.8) is 0 Å². The standard InChI is InChI=1S/C20H22BrN3O/c1-16-2-3-18(19(21)14-16)4-5-20(25)24-12-10-23(11-13-24)15-17-6-8-22-9-7-17/h2-9,14H,10-13,15H2,1H3/b5-4+. The van der Waals surface area contributed by atoms with Gasteiger partial charge in [0.15, 0.2) is 0 Å². The first-order chi connectivity index (χ1) is 12.1. The number of hydrogen-bond donors (Lipinski definition) is 0. The fourth-order valence-electron chi connectivity index (χ4n) is 2.91. The zero-order chi connectivity index (χ0) is 17.6. The highest BCUT2D eigenvalue weighted by Crippen LogP contribution is 2.19. The second kappa shape index (κ2) is 8.41. The summed E-state index contributed by atoms with van der Waals surface area (Å²) in [5.41, 5.74) is 3.48. The van der Waals surface area contributed by atoms with E-state index in [-0.39, 0.29) is 5.91 Å². The van der Waals surface area contributed by atoms with Crippen LogP contribution in [0.25, 0.3) is 6.08 Å². The first kappa shape index (κ1) is 17.8. The summed E-state index contributed by atoms with van der Waals surface area (Å²) in [4.78, 5) is 20.8. The van der Waals surface area contributed by atoms with E-state index in [1.165, 1.54) is 11.1 Å². The Bertz CT molecular complexity index is 753. The first-order valence-electron chi connectivity index (χ1n) is 8.46. The quantitative estimate of drug-likeness (QED) is 0.738. The molecule has 0 atom stereocenters. The van der Waals surface area contributed by atoms with Crippen LogP contribution in [0.15, 0.2) is 53.3 Å². The van der Waals surface area contributed by atoms with Crippen molar-refractivity contribution in [1.29, 1.82) is 0 Å². The van der Waals surface area contributed by atoms with Crippen molar-refractivity contribution < 1.29 is 4.79 Å². The molecule has 4 nitrogen and oxygen atoms in total. The van der Waals surface area contributed by atoms with E-state index in [0.29, 0.717) is 0 Å². The van der Waals surface area contributed by atoms with Crippen LogP contribution in [0, 0.1) is 6.92 Å². The highest BCUT2D eigenvalue weighted by molar-refractivity contribution is 9.10. The second-order valence-electron chi connectivity index (χ2n) is 6.32. The first-order valence-corrected chi connectivity index (χ1v) is 9.25. The molecule has 1 aromatic heterocycles. The topological polar surface area (TPSA) is 36.4 Å². The van der Waals surface area contributed by atoms with Gasteiger partial charge < -0.3 is 4.90 Å². The molecule has 0 saturated carbocycles. The van der Waals surface area contributed by atoms with Gasteiger partial charge in [-0.25, -0.2) is 0 Å². The molecule has 0 N–H and O–H groups in total. The van der Waals surface area contributed by atoms with Crippen LogP contribution in [0.4, 0.5) is 0 Å². The van der Waals surface area contributed by atoms with Gasteiger partial charge in [-0.1, -0.05) is 28.1 Å². The van der Waals surface area contributed by atoms with E-state index in [4.69, 9.17) is 0 Å². The fraction of sp³-hybridized carbons (Fsp3) is 0.300. The van der Waals surface area contributed by atoms with Crippen molar-refractivity contribution in [2.45, 2.75) is 13.5 Å². The molecule has 1 aliphatic rings. The van der Waals surface area contributed by atoms with Crippen molar-refractivity contribution in [2.24, 2.45) is 0 Å². The molecule has 3 rings (SSSR count). The molecule has 2 heterocycles. The number of carbonyl (C=O) groups is 1. The number of amides is 1. The van der Waals surface area contributed by atoms with Crippen molar-refractivity contribution in [3.05, 3.63) is 70.0 Å². The van der Waals surface area contributed by atoms with Gasteiger partial charge in [-0.2, -0.15) is 0 Å². The lowest BCUT2D eigenvalue weighted by Gasteiger charge is -2.34. The third-order valence-corrected chi connectivity index (χ3v) is 5.09. The maximum atomic E-state index is 12.4. The Morgan fingerprint density at radius 2 is 1.88 bits per heavy atom. The zero-order valence-electron chi connectivity index (χ0n) is 14.4. The lowest BCUT2D eigenvalue weighted by Crippen LogP contribution is -2.47. The minimum absolute atomic E-state index is 0.0797. The number of carbonyl (C=O) groups excluding carboxylic acids is 1. The van der Waals surface area contributed by atoms with Gasteiger partial charge in [0.1, 0.15) is 0 Å². The smallest absolute Gasteiger partial charge is 0.246 e. The molecule has 0 radical (unpaired) electrons. The van der Waals surface area contributed by atoms with Crippen molar-refractivity contribution in [2.75, 3.05) is 26.2 Å². The third kappa shape index (κ3) is 5.00. The molecular formula is C20H22BrN3O. The molecule has 25 heavy (non-hydrogen) atoms. The molecule has 0 bridgehead atoms. The Kier molecular flexibility index (Phi) is 6.00. The number of benzene rings is 1. The highest BCUT2D eigenvalue weighted by Gasteiger charge is 2.19. The maximum absolute atomic E-state index is 12.4. The van der Waals surface area contributed by atoms with Crippen LogP contribution < -0.4 is 0 Å². The number of nitrogens with zero attached hydrogens (tertiary/aromatic N) is 3. The zero-order valence-corrected chi connectivity index (χ0v) is 15.9. The summed E-state index contributed by atoms with van der Waals surface area (Å²) in [5, 5.41) is 0. The number of halogens is 1. The minimum Gasteiger partial charge on any atom is -0.337 e. The summed E-state index contributed by atoms with van der Waals surface area (Å²) in [5.74, 6) is 0.0797. The van der Waals surface area contributed by atoms with Gasteiger partial charge >= 0.3 is 0 Å². The average Bonchev–Trinajstić information content (AvgIpc) is 2.62. The monoisotopic (exact) mass is 399 g/mol. The third-order valence-electron chi connectivity index (χ3n) is 4.40. The number of piperazine rings is 1. The fourth-order valence-corrected chi connectivity index (χ4v) is 3.53. The summed E-state index contributed by atoms with van der Waals surface area (Å²) < 4.78 is 1.01. The Balaban J connectivity index is 1.52. The van der Waals surface area contributed by atoms with Crippen LogP contribution in [-0.4, -0.2) is 46.9 Å². The predicted octanol–water partition coefficient (Wildman–Crippen LogP) is 3.51. The number of aryl methyl sites for hydroxylation is 1. The van der Waals surface area contributed by atoms with Gasteiger partial charge in [0.2, 0.25) is 5.91 Å². The van der Waals surface area contributed by atoms with E-state index in [9.17, 15) is 4.79 Å². The van der Waals surface area contributed by atoms with Gasteiger partial charge in [-0.15, -0.1) is 0 Å². The maximum Gasteiger partial charge on any atom is 0.246 e. The summed E-state index contributed by atoms with van der Waals surface area (Å²) >= 11 is 3.55. The van der Waals surface area contributed by atoms with Crippen LogP contribution in [0.3, 0.4) is 0 Å². The summed E-state index contributed by atoms with van der Waals surface area (Å²) in [6.45, 7) is 6.30. The van der Waals surface area contributed by atoms with E-state index in [0.717, 1.165) is 42.8 Å². The Labute approximate surface area is 157 Å². The lowest BCUT2D eigenvalue weighted by molar-refractivity contribution is -0.127. The van der Waals surface area contributed by atoms with Gasteiger partial charge in [0.25, 0.3) is 0 Å². The van der Waals surface area contributed by atoms with Crippen LogP contribution in [0.2, 0.25) is 0 Å². The molecule has 130 valence electrons. The largest absolute Gasteiger partial charge is 0.337 e. The number of pyridine rings is 1. The van der Waals surface area contributed by atoms with E-state index in [1.54, 1.807) is 6.08 Å². The Morgan fingerprint density at radius 3 is 2.56 bits per heavy atom. The average molecular weight is 400 g/mol. The molecule has 1 aliphatic heterocycles. The number of hydrogen-bond acceptors (Lipinski definition) is 3. The molecular weight excluding hydrogens is 378 g/mol. The molecule has 1 fully saturated rings. The second-order valence-corrected chi connectivity index (χ2v) is 7.17. The Morgan fingerprint density at radius 1 is 1.16 bits per heavy atom. The molecule has 0 unspecified atom stereocenters. The molecule has 0 aliphatic carbocycles. The molecule has 2 aromatic rings. The van der Waals surface area contributed by atoms with Gasteiger partial charge in [-0.3, -0.25) is 14.7 Å². The van der Waals surface area contributed by atoms with E-state index in [2.05, 4.69) is 38.8 Å². The normalized spacial score (nSPS) is 15.7. The van der Waals surface area contributed by atoms with Crippen LogP contribution in [-0.2, 0) is 11.3 Å². The predicted molar refractivity (Wildman–Crippen MR) is 104 cm³/mol. The molecule has 5 heteroatoms. The SMILES string of the molecule is Cc1ccc(/C=C/C(=O)N2CCN(Cc3ccncc3)CC2)c(Br)c1. The molecule has 0 spiro atoms. The number of aromatic nitrogens is 1. The minimum atomic E-state index is 0.0797. The van der Waals surface area contributed by atoms with Crippen molar-refractivity contribution >= 4 is 27.9 Å². The highest BCUT2D eigenvalue weighted by atomic mass is 79.9.